The van der Waals surface area contributed by atoms with Crippen molar-refractivity contribution in [1.82, 2.24) is 0 Å². The molecule has 0 bridgehead atoms. The lowest BCUT2D eigenvalue weighted by atomic mass is 10.1. The van der Waals surface area contributed by atoms with Crippen molar-refractivity contribution in [2.45, 2.75) is 31.3 Å². The van der Waals surface area contributed by atoms with Crippen molar-refractivity contribution in [3.05, 3.63) is 47.2 Å². The zero-order valence-corrected chi connectivity index (χ0v) is 16.5. The molecule has 0 aliphatic heterocycles. The molecule has 0 aliphatic rings. The number of ether oxygens (including phenoxy) is 1. The first-order valence-corrected chi connectivity index (χ1v) is 10.0. The van der Waals surface area contributed by atoms with E-state index in [9.17, 15) is 22.7 Å². The van der Waals surface area contributed by atoms with Crippen molar-refractivity contribution in [2.24, 2.45) is 0 Å². The molecule has 2 N–H and O–H groups in total. The van der Waals surface area contributed by atoms with Gasteiger partial charge in [0.2, 0.25) is 0 Å². The highest BCUT2D eigenvalue weighted by Gasteiger charge is 2.31. The maximum Gasteiger partial charge on any atom is 0.347 e. The second-order valence-corrected chi connectivity index (χ2v) is 8.89. The van der Waals surface area contributed by atoms with Gasteiger partial charge in [-0.1, -0.05) is 24.6 Å². The van der Waals surface area contributed by atoms with E-state index in [1.54, 1.807) is 0 Å². The average molecular weight is 416 g/mol. The van der Waals surface area contributed by atoms with Crippen LogP contribution in [0.2, 0.25) is 5.02 Å². The van der Waals surface area contributed by atoms with Gasteiger partial charge in [-0.05, 0) is 44.2 Å². The number of nitrogens with one attached hydrogen (secondary N) is 1. The monoisotopic (exact) mass is 415 g/mol. The number of benzene rings is 2. The molecule has 27 heavy (non-hydrogen) atoms. The molecule has 6 nitrogen and oxygen atoms in total. The van der Waals surface area contributed by atoms with E-state index in [4.69, 9.17) is 16.3 Å². The molecule has 0 amide bonds. The number of hydrogen-bond acceptors (Lipinski definition) is 5. The van der Waals surface area contributed by atoms with Crippen molar-refractivity contribution in [1.29, 1.82) is 0 Å². The molecule has 0 unspecified atom stereocenters. The smallest absolute Gasteiger partial charge is 0.347 e. The number of carboxylic acid groups (broad SMARTS) is 1. The molecule has 2 aromatic carbocycles. The van der Waals surface area contributed by atoms with E-state index in [1.807, 2.05) is 0 Å². The summed E-state index contributed by atoms with van der Waals surface area (Å²) in [5.74, 6) is -2.00. The second-order valence-electron chi connectivity index (χ2n) is 6.20. The molecule has 2 aromatic rings. The Hall–Kier alpha value is -2.32. The molecule has 0 fully saturated rings. The highest BCUT2D eigenvalue weighted by molar-refractivity contribution is 7.91. The zero-order chi connectivity index (χ0) is 20.4. The summed E-state index contributed by atoms with van der Waals surface area (Å²) in [6, 6.07) is 8.00. The van der Waals surface area contributed by atoms with Gasteiger partial charge in [0.05, 0.1) is 21.4 Å². The van der Waals surface area contributed by atoms with Gasteiger partial charge in [-0.15, -0.1) is 0 Å². The minimum atomic E-state index is -3.44. The van der Waals surface area contributed by atoms with Crippen molar-refractivity contribution < 1.29 is 27.4 Å². The average Bonchev–Trinajstić information content (AvgIpc) is 2.58. The van der Waals surface area contributed by atoms with Gasteiger partial charge in [-0.3, -0.25) is 0 Å². The third-order valence-electron chi connectivity index (χ3n) is 3.79. The van der Waals surface area contributed by atoms with Crippen molar-refractivity contribution >= 4 is 38.8 Å². The third kappa shape index (κ3) is 4.70. The fourth-order valence-corrected chi connectivity index (χ4v) is 3.32. The molecule has 0 aliphatic carbocycles. The van der Waals surface area contributed by atoms with E-state index < -0.39 is 27.2 Å². The number of anilines is 2. The summed E-state index contributed by atoms with van der Waals surface area (Å²) >= 11 is 6.15. The number of para-hydroxylation sites is 1. The third-order valence-corrected chi connectivity index (χ3v) is 5.84. The Morgan fingerprint density at radius 3 is 2.52 bits per heavy atom. The number of sulfone groups is 1. The van der Waals surface area contributed by atoms with Crippen LogP contribution in [0.3, 0.4) is 0 Å². The van der Waals surface area contributed by atoms with Crippen LogP contribution in [0, 0.1) is 5.82 Å². The number of rotatable bonds is 7. The predicted octanol–water partition coefficient (Wildman–Crippen LogP) is 4.26. The summed E-state index contributed by atoms with van der Waals surface area (Å²) in [5.41, 5.74) is -1.46. The molecular weight excluding hydrogens is 397 g/mol. The van der Waals surface area contributed by atoms with Crippen LogP contribution in [0.25, 0.3) is 0 Å². The van der Waals surface area contributed by atoms with Crippen LogP contribution in [0.5, 0.6) is 5.75 Å². The fourth-order valence-electron chi connectivity index (χ4n) is 2.12. The summed E-state index contributed by atoms with van der Waals surface area (Å²) in [6.07, 6.45) is 0. The summed E-state index contributed by atoms with van der Waals surface area (Å²) in [6.45, 7) is 4.19. The maximum atomic E-state index is 14.3. The summed E-state index contributed by atoms with van der Waals surface area (Å²) < 4.78 is 43.7. The van der Waals surface area contributed by atoms with E-state index in [2.05, 4.69) is 5.32 Å². The van der Waals surface area contributed by atoms with Crippen LogP contribution in [-0.2, 0) is 14.6 Å². The number of carbonyl (C=O) groups is 1. The fraction of sp³-hybridized carbons (Fsp3) is 0.278. The van der Waals surface area contributed by atoms with Crippen molar-refractivity contribution in [3.63, 3.8) is 0 Å². The van der Waals surface area contributed by atoms with Gasteiger partial charge in [0.25, 0.3) is 0 Å². The molecular formula is C18H19ClFNO5S. The Balaban J connectivity index is 2.42. The van der Waals surface area contributed by atoms with Crippen LogP contribution < -0.4 is 10.1 Å². The Kier molecular flexibility index (Phi) is 6.01. The second kappa shape index (κ2) is 7.74. The highest BCUT2D eigenvalue weighted by atomic mass is 35.5. The Labute approximate surface area is 161 Å². The van der Waals surface area contributed by atoms with E-state index in [1.165, 1.54) is 57.2 Å². The maximum absolute atomic E-state index is 14.3. The first-order chi connectivity index (χ1) is 12.5. The molecule has 9 heteroatoms. The van der Waals surface area contributed by atoms with Crippen LogP contribution in [-0.4, -0.2) is 30.8 Å². The minimum Gasteiger partial charge on any atom is -0.478 e. The Morgan fingerprint density at radius 2 is 1.96 bits per heavy atom. The lowest BCUT2D eigenvalue weighted by Crippen LogP contribution is -2.38. The highest BCUT2D eigenvalue weighted by Crippen LogP contribution is 2.36. The molecule has 0 spiro atoms. The molecule has 0 heterocycles. The van der Waals surface area contributed by atoms with Crippen molar-refractivity contribution in [3.8, 4) is 5.75 Å². The van der Waals surface area contributed by atoms with Gasteiger partial charge in [0, 0.05) is 0 Å². The Morgan fingerprint density at radius 1 is 1.30 bits per heavy atom. The molecule has 0 atom stereocenters. The molecule has 0 saturated carbocycles. The zero-order valence-electron chi connectivity index (χ0n) is 14.9. The lowest BCUT2D eigenvalue weighted by molar-refractivity contribution is -0.152. The molecule has 146 valence electrons. The Bertz CT molecular complexity index is 976. The van der Waals surface area contributed by atoms with Gasteiger partial charge in [0.15, 0.2) is 15.4 Å². The number of hydrogen-bond donors (Lipinski definition) is 2. The quantitative estimate of drug-likeness (QED) is 0.701. The SMILES string of the molecule is CCS(=O)(=O)c1ccc(Nc2c(F)cccc2OC(C)(C)C(=O)O)c(Cl)c1. The van der Waals surface area contributed by atoms with Crippen LogP contribution >= 0.6 is 11.6 Å². The summed E-state index contributed by atoms with van der Waals surface area (Å²) in [5, 5.41) is 12.0. The number of carboxylic acids is 1. The normalized spacial score (nSPS) is 11.9. The topological polar surface area (TPSA) is 92.7 Å². The van der Waals surface area contributed by atoms with Gasteiger partial charge in [-0.25, -0.2) is 17.6 Å². The first-order valence-electron chi connectivity index (χ1n) is 7.98. The van der Waals surface area contributed by atoms with E-state index >= 15 is 0 Å². The molecule has 0 radical (unpaired) electrons. The van der Waals surface area contributed by atoms with Gasteiger partial charge in [-0.2, -0.15) is 0 Å². The lowest BCUT2D eigenvalue weighted by Gasteiger charge is -2.24. The van der Waals surface area contributed by atoms with Gasteiger partial charge >= 0.3 is 5.97 Å². The van der Waals surface area contributed by atoms with Gasteiger partial charge < -0.3 is 15.2 Å². The van der Waals surface area contributed by atoms with Crippen LogP contribution in [0.1, 0.15) is 20.8 Å². The number of aliphatic carboxylic acids is 1. The van der Waals surface area contributed by atoms with E-state index in [0.29, 0.717) is 0 Å². The molecule has 0 aromatic heterocycles. The number of halogens is 2. The first kappa shape index (κ1) is 21.0. The van der Waals surface area contributed by atoms with Gasteiger partial charge in [0.1, 0.15) is 17.3 Å². The molecule has 0 saturated heterocycles. The standard InChI is InChI=1S/C18H19ClFNO5S/c1-4-27(24,25)11-8-9-14(12(19)10-11)21-16-13(20)6-5-7-15(16)26-18(2,3)17(22)23/h5-10,21H,4H2,1-3H3,(H,22,23). The van der Waals surface area contributed by atoms with E-state index in [0.717, 1.165) is 0 Å². The van der Waals surface area contributed by atoms with E-state index in [-0.39, 0.29) is 32.8 Å². The van der Waals surface area contributed by atoms with Crippen LogP contribution in [0.15, 0.2) is 41.3 Å². The molecule has 2 rings (SSSR count). The minimum absolute atomic E-state index is 0.0243. The summed E-state index contributed by atoms with van der Waals surface area (Å²) in [4.78, 5) is 11.3. The predicted molar refractivity (Wildman–Crippen MR) is 101 cm³/mol. The largest absolute Gasteiger partial charge is 0.478 e. The summed E-state index contributed by atoms with van der Waals surface area (Å²) in [7, 11) is -3.44. The van der Waals surface area contributed by atoms with Crippen LogP contribution in [0.4, 0.5) is 15.8 Å². The van der Waals surface area contributed by atoms with Crippen molar-refractivity contribution in [2.75, 3.05) is 11.1 Å².